The van der Waals surface area contributed by atoms with Gasteiger partial charge in [-0.3, -0.25) is 14.5 Å². The van der Waals surface area contributed by atoms with Crippen LogP contribution < -0.4 is 10.6 Å². The van der Waals surface area contributed by atoms with Crippen LogP contribution in [0.5, 0.6) is 0 Å². The average molecular weight is 310 g/mol. The summed E-state index contributed by atoms with van der Waals surface area (Å²) in [6, 6.07) is 0.598. The molecule has 2 heterocycles. The van der Waals surface area contributed by atoms with Gasteiger partial charge in [0, 0.05) is 31.4 Å². The van der Waals surface area contributed by atoms with Gasteiger partial charge in [0.25, 0.3) is 5.91 Å². The summed E-state index contributed by atoms with van der Waals surface area (Å²) in [5, 5.41) is 7.57. The minimum Gasteiger partial charge on any atom is -0.349 e. The van der Waals surface area contributed by atoms with Gasteiger partial charge >= 0.3 is 0 Å². The number of amides is 2. The van der Waals surface area contributed by atoms with Gasteiger partial charge in [-0.25, -0.2) is 4.98 Å². The fourth-order valence-electron chi connectivity index (χ4n) is 2.48. The molecule has 21 heavy (non-hydrogen) atoms. The number of likely N-dealkylation sites (tertiary alicyclic amines) is 1. The third-order valence-corrected chi connectivity index (χ3v) is 4.40. The van der Waals surface area contributed by atoms with E-state index in [0.717, 1.165) is 13.1 Å². The molecule has 0 spiro atoms. The second kappa shape index (κ2) is 7.51. The summed E-state index contributed by atoms with van der Waals surface area (Å²) < 4.78 is 0. The van der Waals surface area contributed by atoms with Crippen LogP contribution in [0.1, 0.15) is 43.6 Å². The largest absolute Gasteiger partial charge is 0.349 e. The predicted octanol–water partition coefficient (Wildman–Crippen LogP) is 1.71. The van der Waals surface area contributed by atoms with Crippen molar-refractivity contribution >= 4 is 28.3 Å². The summed E-state index contributed by atoms with van der Waals surface area (Å²) in [5.74, 6) is -0.372. The first-order valence-corrected chi connectivity index (χ1v) is 8.19. The Hall–Kier alpha value is -1.47. The number of hydrogen-bond acceptors (Lipinski definition) is 5. The number of anilines is 1. The summed E-state index contributed by atoms with van der Waals surface area (Å²) in [7, 11) is 0. The molecule has 0 aromatic carbocycles. The number of aromatic nitrogens is 1. The molecule has 7 heteroatoms. The lowest BCUT2D eigenvalue weighted by Crippen LogP contribution is -2.42. The fraction of sp³-hybridized carbons (Fsp3) is 0.643. The van der Waals surface area contributed by atoms with Crippen LogP contribution in [0.25, 0.3) is 0 Å². The maximum Gasteiger partial charge on any atom is 0.270 e. The SMILES string of the molecule is CC(=O)Nc1nc(C(=O)NCCN2CCCC[C@H]2C)cs1. The molecule has 0 unspecified atom stereocenters. The van der Waals surface area contributed by atoms with E-state index in [2.05, 4.69) is 27.4 Å². The quantitative estimate of drug-likeness (QED) is 0.868. The van der Waals surface area contributed by atoms with Gasteiger partial charge < -0.3 is 10.6 Å². The van der Waals surface area contributed by atoms with Crippen LogP contribution in [-0.4, -0.2) is 47.4 Å². The van der Waals surface area contributed by atoms with Crippen molar-refractivity contribution in [3.05, 3.63) is 11.1 Å². The van der Waals surface area contributed by atoms with Crippen LogP contribution in [0.2, 0.25) is 0 Å². The van der Waals surface area contributed by atoms with E-state index in [0.29, 0.717) is 23.4 Å². The van der Waals surface area contributed by atoms with Gasteiger partial charge in [-0.05, 0) is 26.3 Å². The van der Waals surface area contributed by atoms with Crippen LogP contribution in [0.3, 0.4) is 0 Å². The van der Waals surface area contributed by atoms with E-state index in [1.807, 2.05) is 0 Å². The summed E-state index contributed by atoms with van der Waals surface area (Å²) >= 11 is 1.25. The van der Waals surface area contributed by atoms with E-state index in [-0.39, 0.29) is 11.8 Å². The number of rotatable bonds is 5. The highest BCUT2D eigenvalue weighted by atomic mass is 32.1. The Morgan fingerprint density at radius 1 is 1.48 bits per heavy atom. The summed E-state index contributed by atoms with van der Waals surface area (Å²) in [5.41, 5.74) is 0.357. The fourth-order valence-corrected chi connectivity index (χ4v) is 3.22. The van der Waals surface area contributed by atoms with Crippen LogP contribution in [0, 0.1) is 0 Å². The average Bonchev–Trinajstić information content (AvgIpc) is 2.88. The lowest BCUT2D eigenvalue weighted by molar-refractivity contribution is -0.114. The molecule has 0 aliphatic carbocycles. The third-order valence-electron chi connectivity index (χ3n) is 3.64. The number of hydrogen-bond donors (Lipinski definition) is 2. The molecule has 6 nitrogen and oxygen atoms in total. The molecule has 1 aliphatic rings. The van der Waals surface area contributed by atoms with E-state index in [1.165, 1.54) is 37.5 Å². The second-order valence-corrected chi connectivity index (χ2v) is 6.21. The molecule has 0 radical (unpaired) electrons. The number of nitrogens with one attached hydrogen (secondary N) is 2. The predicted molar refractivity (Wildman–Crippen MR) is 83.6 cm³/mol. The molecule has 1 saturated heterocycles. The standard InChI is InChI=1S/C14H22N4O2S/c1-10-5-3-4-7-18(10)8-6-15-13(20)12-9-21-14(17-12)16-11(2)19/h9-10H,3-8H2,1-2H3,(H,15,20)(H,16,17,19)/t10-/m1/s1. The molecule has 1 aromatic rings. The van der Waals surface area contributed by atoms with Gasteiger partial charge in [0.1, 0.15) is 5.69 Å². The van der Waals surface area contributed by atoms with Crippen LogP contribution in [0.4, 0.5) is 5.13 Å². The molecule has 2 amide bonds. The Morgan fingerprint density at radius 2 is 2.29 bits per heavy atom. The molecule has 1 atom stereocenters. The molecular weight excluding hydrogens is 288 g/mol. The van der Waals surface area contributed by atoms with Crippen molar-refractivity contribution in [3.63, 3.8) is 0 Å². The Balaban J connectivity index is 1.76. The maximum atomic E-state index is 12.0. The molecule has 1 aromatic heterocycles. The van der Waals surface area contributed by atoms with Crippen molar-refractivity contribution < 1.29 is 9.59 Å². The van der Waals surface area contributed by atoms with Gasteiger partial charge in [-0.1, -0.05) is 6.42 Å². The highest BCUT2D eigenvalue weighted by Crippen LogP contribution is 2.16. The number of thiazole rings is 1. The number of carbonyl (C=O) groups excluding carboxylic acids is 2. The van der Waals surface area contributed by atoms with Crippen molar-refractivity contribution in [3.8, 4) is 0 Å². The van der Waals surface area contributed by atoms with Gasteiger partial charge in [0.15, 0.2) is 5.13 Å². The minimum absolute atomic E-state index is 0.185. The smallest absolute Gasteiger partial charge is 0.270 e. The third kappa shape index (κ3) is 4.78. The molecule has 1 aliphatic heterocycles. The number of nitrogens with zero attached hydrogens (tertiary/aromatic N) is 2. The van der Waals surface area contributed by atoms with E-state index in [9.17, 15) is 9.59 Å². The van der Waals surface area contributed by atoms with Gasteiger partial charge in [0.05, 0.1) is 0 Å². The van der Waals surface area contributed by atoms with Gasteiger partial charge in [0.2, 0.25) is 5.91 Å². The second-order valence-electron chi connectivity index (χ2n) is 5.36. The Labute approximate surface area is 128 Å². The molecule has 2 rings (SSSR count). The van der Waals surface area contributed by atoms with Crippen molar-refractivity contribution in [2.45, 2.75) is 39.2 Å². The molecule has 1 fully saturated rings. The van der Waals surface area contributed by atoms with Crippen molar-refractivity contribution in [1.29, 1.82) is 0 Å². The zero-order valence-corrected chi connectivity index (χ0v) is 13.3. The molecule has 0 bridgehead atoms. The maximum absolute atomic E-state index is 12.0. The lowest BCUT2D eigenvalue weighted by Gasteiger charge is -2.33. The van der Waals surface area contributed by atoms with E-state index >= 15 is 0 Å². The molecule has 0 saturated carbocycles. The normalized spacial score (nSPS) is 19.2. The Kier molecular flexibility index (Phi) is 5.69. The zero-order valence-electron chi connectivity index (χ0n) is 12.5. The first kappa shape index (κ1) is 15.9. The monoisotopic (exact) mass is 310 g/mol. The van der Waals surface area contributed by atoms with Crippen molar-refractivity contribution in [2.75, 3.05) is 25.0 Å². The highest BCUT2D eigenvalue weighted by molar-refractivity contribution is 7.14. The highest BCUT2D eigenvalue weighted by Gasteiger charge is 2.18. The van der Waals surface area contributed by atoms with Crippen LogP contribution >= 0.6 is 11.3 Å². The zero-order chi connectivity index (χ0) is 15.2. The Bertz CT molecular complexity index is 503. The topological polar surface area (TPSA) is 74.3 Å². The van der Waals surface area contributed by atoms with Crippen molar-refractivity contribution in [1.82, 2.24) is 15.2 Å². The first-order valence-electron chi connectivity index (χ1n) is 7.31. The van der Waals surface area contributed by atoms with E-state index in [4.69, 9.17) is 0 Å². The van der Waals surface area contributed by atoms with Crippen molar-refractivity contribution in [2.24, 2.45) is 0 Å². The Morgan fingerprint density at radius 3 is 3.00 bits per heavy atom. The first-order chi connectivity index (χ1) is 10.1. The number of carbonyl (C=O) groups is 2. The van der Waals surface area contributed by atoms with E-state index < -0.39 is 0 Å². The van der Waals surface area contributed by atoms with Gasteiger partial charge in [-0.15, -0.1) is 11.3 Å². The van der Waals surface area contributed by atoms with E-state index in [1.54, 1.807) is 5.38 Å². The molecule has 2 N–H and O–H groups in total. The van der Waals surface area contributed by atoms with Gasteiger partial charge in [-0.2, -0.15) is 0 Å². The molecular formula is C14H22N4O2S. The van der Waals surface area contributed by atoms with Crippen LogP contribution in [0.15, 0.2) is 5.38 Å². The number of piperidine rings is 1. The molecule has 116 valence electrons. The summed E-state index contributed by atoms with van der Waals surface area (Å²) in [6.45, 7) is 6.26. The summed E-state index contributed by atoms with van der Waals surface area (Å²) in [4.78, 5) is 29.4. The minimum atomic E-state index is -0.187. The lowest BCUT2D eigenvalue weighted by atomic mass is 10.0. The van der Waals surface area contributed by atoms with Crippen LogP contribution in [-0.2, 0) is 4.79 Å². The summed E-state index contributed by atoms with van der Waals surface area (Å²) in [6.07, 6.45) is 3.78.